The van der Waals surface area contributed by atoms with Gasteiger partial charge in [-0.3, -0.25) is 23.2 Å². The molecule has 4 fully saturated rings. The first-order valence-electron chi connectivity index (χ1n) is 54.0. The number of nitrogens with one attached hydrogen (secondary N) is 2. The summed E-state index contributed by atoms with van der Waals surface area (Å²) >= 11 is 0. The monoisotopic (exact) mass is 1970 g/mol. The van der Waals surface area contributed by atoms with Crippen LogP contribution in [-0.4, -0.2) is 241 Å². The Morgan fingerprint density at radius 3 is 1.06 bits per heavy atom. The highest BCUT2D eigenvalue weighted by Gasteiger charge is 2.53. The smallest absolute Gasteiger partial charge is 0.471 e. The lowest BCUT2D eigenvalue weighted by Gasteiger charge is -2.46. The molecule has 4 aliphatic heterocycles. The van der Waals surface area contributed by atoms with Gasteiger partial charge in [0.15, 0.2) is 0 Å². The summed E-state index contributed by atoms with van der Waals surface area (Å²) in [4.78, 5) is 26.7. The van der Waals surface area contributed by atoms with Crippen LogP contribution in [0.4, 0.5) is 0 Å². The van der Waals surface area contributed by atoms with Crippen molar-refractivity contribution < 1.29 is 114 Å². The zero-order valence-corrected chi connectivity index (χ0v) is 89.7. The number of amides is 2. The maximum absolute atomic E-state index is 14.0. The number of hydrogen-bond acceptors (Lipinski definition) is 25. The van der Waals surface area contributed by atoms with Gasteiger partial charge < -0.3 is 102 Å². The normalized spacial score (nSPS) is 23.1. The third-order valence-electron chi connectivity index (χ3n) is 25.0. The summed E-state index contributed by atoms with van der Waals surface area (Å²) in [5.74, 6) is -0.241. The number of aliphatic hydroxyl groups is 2. The largest absolute Gasteiger partial charge is 0.475 e. The molecular weight excluding hydrogens is 1770 g/mol. The third-order valence-corrected chi connectivity index (χ3v) is 26.4. The van der Waals surface area contributed by atoms with Gasteiger partial charge in [0.2, 0.25) is 30.7 Å². The van der Waals surface area contributed by atoms with Crippen LogP contribution in [0.2, 0.25) is 0 Å². The van der Waals surface area contributed by atoms with Gasteiger partial charge in [-0.15, -0.1) is 13.2 Å². The van der Waals surface area contributed by atoms with Crippen LogP contribution < -0.4 is 16.4 Å². The molecule has 0 aromatic carbocycles. The quantitative estimate of drug-likeness (QED) is 0.0163. The second-order valence-electron chi connectivity index (χ2n) is 36.8. The van der Waals surface area contributed by atoms with Gasteiger partial charge in [0.25, 0.3) is 0 Å². The van der Waals surface area contributed by atoms with Crippen molar-refractivity contribution in [1.82, 2.24) is 10.6 Å². The number of ether oxygens (including phenoxy) is 16. The first-order chi connectivity index (χ1) is 66.9. The Morgan fingerprint density at radius 2 is 0.708 bits per heavy atom. The fourth-order valence-electron chi connectivity index (χ4n) is 16.9. The molecule has 804 valence electrons. The number of phosphoric ester groups is 1. The van der Waals surface area contributed by atoms with E-state index in [0.29, 0.717) is 38.9 Å². The minimum Gasteiger partial charge on any atom is -0.471 e. The van der Waals surface area contributed by atoms with Crippen molar-refractivity contribution in [2.24, 2.45) is 5.73 Å². The van der Waals surface area contributed by atoms with E-state index in [-0.39, 0.29) is 69.8 Å². The van der Waals surface area contributed by atoms with Gasteiger partial charge >= 0.3 is 7.82 Å². The van der Waals surface area contributed by atoms with Gasteiger partial charge in [0.05, 0.1) is 76.2 Å². The topological polar surface area (TPSA) is 317 Å². The molecule has 0 aromatic heterocycles. The molecule has 0 saturated carbocycles. The highest BCUT2D eigenvalue weighted by Crippen LogP contribution is 2.53. The van der Waals surface area contributed by atoms with E-state index in [1.54, 1.807) is 60.0 Å². The summed E-state index contributed by atoms with van der Waals surface area (Å²) in [6.45, 7) is 27.5. The molecule has 4 rings (SSSR count). The third kappa shape index (κ3) is 65.9. The molecule has 0 radical (unpaired) electrons. The highest BCUT2D eigenvalue weighted by atomic mass is 31.2. The number of nitrogens with two attached hydrogens (primary N) is 1. The number of methoxy groups -OCH3 is 6. The second kappa shape index (κ2) is 93.1. The van der Waals surface area contributed by atoms with Crippen LogP contribution in [0.15, 0.2) is 86.6 Å². The van der Waals surface area contributed by atoms with Crippen molar-refractivity contribution in [3.05, 3.63) is 86.6 Å². The van der Waals surface area contributed by atoms with E-state index in [0.717, 1.165) is 116 Å². The van der Waals surface area contributed by atoms with Crippen molar-refractivity contribution in [3.8, 4) is 0 Å². The molecule has 137 heavy (non-hydrogen) atoms. The molecule has 0 aromatic rings. The Kier molecular flexibility index (Phi) is 89.0. The lowest BCUT2D eigenvalue weighted by Crippen LogP contribution is -2.66. The van der Waals surface area contributed by atoms with Gasteiger partial charge in [-0.2, -0.15) is 0 Å². The average Bonchev–Trinajstić information content (AvgIpc) is 1.06. The van der Waals surface area contributed by atoms with Gasteiger partial charge in [-0.1, -0.05) is 288 Å². The maximum Gasteiger partial charge on any atom is 0.475 e. The number of allylic oxidation sites excluding steroid dienone is 7. The molecule has 28 heteroatoms. The minimum atomic E-state index is -4.20. The van der Waals surface area contributed by atoms with E-state index in [4.69, 9.17) is 95.1 Å². The number of hydrogen-bond donors (Lipinski definition) is 5. The zero-order chi connectivity index (χ0) is 101. The van der Waals surface area contributed by atoms with Gasteiger partial charge in [-0.25, -0.2) is 4.57 Å². The van der Waals surface area contributed by atoms with E-state index < -0.39 is 99.8 Å². The molecule has 6 N–H and O–H groups in total. The number of rotatable bonds is 85. The number of carbonyl (C=O) groups is 2. The lowest BCUT2D eigenvalue weighted by molar-refractivity contribution is -0.265. The summed E-state index contributed by atoms with van der Waals surface area (Å²) in [6.07, 6.45) is 70.3. The summed E-state index contributed by atoms with van der Waals surface area (Å²) in [7, 11) is 5.66. The van der Waals surface area contributed by atoms with Crippen molar-refractivity contribution in [2.45, 2.75) is 493 Å². The Hall–Kier alpha value is -4.01. The molecule has 0 unspecified atom stereocenters. The molecule has 4 saturated heterocycles. The van der Waals surface area contributed by atoms with E-state index in [1.807, 2.05) is 20.8 Å². The number of phosphoric acid groups is 1. The summed E-state index contributed by atoms with van der Waals surface area (Å²) in [5.41, 5.74) is 6.25. The van der Waals surface area contributed by atoms with Crippen molar-refractivity contribution in [1.29, 1.82) is 0 Å². The van der Waals surface area contributed by atoms with Crippen LogP contribution in [0.5, 0.6) is 0 Å². The first-order valence-corrected chi connectivity index (χ1v) is 55.4. The van der Waals surface area contributed by atoms with Crippen molar-refractivity contribution in [3.63, 3.8) is 0 Å². The van der Waals surface area contributed by atoms with Crippen LogP contribution in [0.3, 0.4) is 0 Å². The average molecular weight is 1970 g/mol. The molecule has 0 bridgehead atoms. The Bertz CT molecular complexity index is 2910. The van der Waals surface area contributed by atoms with E-state index >= 15 is 0 Å². The Balaban J connectivity index is 0.00000105. The number of carbonyl (C=O) groups excluding carboxylic acids is 2. The van der Waals surface area contributed by atoms with Crippen molar-refractivity contribution in [2.75, 3.05) is 109 Å². The van der Waals surface area contributed by atoms with Crippen molar-refractivity contribution >= 4 is 19.6 Å². The van der Waals surface area contributed by atoms with Crippen LogP contribution >= 0.6 is 7.82 Å². The van der Waals surface area contributed by atoms with Crippen LogP contribution in [-0.2, 0) is 104 Å². The lowest BCUT2D eigenvalue weighted by atomic mass is 9.96. The van der Waals surface area contributed by atoms with Gasteiger partial charge in [0, 0.05) is 88.5 Å². The molecular formula is C109H204N3O24P. The zero-order valence-electron chi connectivity index (χ0n) is 88.8. The van der Waals surface area contributed by atoms with E-state index in [1.165, 1.54) is 231 Å². The molecule has 0 aliphatic carbocycles. The standard InChI is InChI=1S/C45H82NO10P.C39H73NO7.C21H41NO6.C4H8O/c1-8-13-15-17-18-19-20-21-22-23-24-25-26-28-30-32-41(47)46-42-44(51-37-33-39(50-7)31-29-27-16-14-9-2)43(40(38-49-6)55-45(42)52-34-10-3)56-57(48,53-35-11-4)54-36-12-5;1-6-9-11-13-14-15-16-17-18-19-20-21-22-24-26-28-35(41)40-36-38(37(42)34(32-43-4)47-39(36)46-30-8-3)45-31-29-33(44-5)27-25-23-12-10-7-2;1-5-7-8-9-10-11-16(25-4)12-14-26-20-18(22)21(27-13-6-2)28-17(15-24-3)19(20)23;1-2-4-5-3-1/h10-12,19-20,34,39-40,42-45H,4-5,8-9,13-18,21-33,35-38H2,1-3,6-7H3,(H,46,47);8,15-16,30,33-34,36-39,42H,6-7,9-14,17-29,31-32H2,1-5H3,(H,40,41);6,13,16-21,23H,5,7-12,14-15,22H2,1-4H3;1-4H2/b20-19-,34-10-;16-15-,30-8-;13-6-;/t39-,40-,42-,43-,44-,45-;33-,34-,36-,37-,38-,39+;16-,17-,18-,19-,20-,21+;/m111./s1. The summed E-state index contributed by atoms with van der Waals surface area (Å²) in [5, 5.41) is 28.1. The second-order valence-corrected chi connectivity index (χ2v) is 38.4. The fraction of sp³-hybridized carbons (Fsp3) is 0.853. The molecule has 18 atom stereocenters. The molecule has 4 aliphatic rings. The van der Waals surface area contributed by atoms with Gasteiger partial charge in [-0.05, 0) is 136 Å². The number of aliphatic hydroxyl groups excluding tert-OH is 2. The Labute approximate surface area is 833 Å². The Morgan fingerprint density at radius 1 is 0.401 bits per heavy atom. The fourth-order valence-corrected chi connectivity index (χ4v) is 18.2. The number of unbranched alkanes of at least 4 members (excludes halogenated alkanes) is 34. The van der Waals surface area contributed by atoms with Crippen LogP contribution in [0, 0.1) is 0 Å². The predicted octanol–water partition coefficient (Wildman–Crippen LogP) is 24.0. The molecule has 27 nitrogen and oxygen atoms in total. The van der Waals surface area contributed by atoms with Crippen LogP contribution in [0.1, 0.15) is 383 Å². The van der Waals surface area contributed by atoms with E-state index in [9.17, 15) is 24.4 Å². The SMILES string of the molecule is C/C=C\O[C@H]1O[C@H](COC)[C@@H](O)[C@H](OCC[C@@H](CCCCCCC)OC)[C@H]1N.C/C=C\O[C@H]1O[C@H](COC)[C@@H](O)[C@H](OCC[C@@H](CCCCCCC)OC)[C@H]1NC(=O)CCCCCCCCC/C=C\CCCCCC.C1CCOC1.C=CCOP(=O)(OCC=C)O[C@H]1[C@H](OCC[C@@H](CCCCCCC)OC)[C@@H](NC(=O)CCCCCCCCC/C=C\CCCCCC)[C@H](O/C=C\C)O[C@@H]1COC. The van der Waals surface area contributed by atoms with Crippen LogP contribution in [0.25, 0.3) is 0 Å². The summed E-state index contributed by atoms with van der Waals surface area (Å²) < 4.78 is 124. The van der Waals surface area contributed by atoms with Gasteiger partial charge in [0.1, 0.15) is 67.0 Å². The predicted molar refractivity (Wildman–Crippen MR) is 552 cm³/mol. The highest BCUT2D eigenvalue weighted by molar-refractivity contribution is 7.48. The van der Waals surface area contributed by atoms with E-state index in [2.05, 4.69) is 82.7 Å². The first kappa shape index (κ1) is 131. The molecule has 4 heterocycles. The summed E-state index contributed by atoms with van der Waals surface area (Å²) in [6, 6.07) is -2.10. The molecule has 0 spiro atoms. The molecule has 2 amide bonds. The minimum absolute atomic E-state index is 0.0105. The maximum atomic E-state index is 14.0.